The predicted octanol–water partition coefficient (Wildman–Crippen LogP) is 3.07. The van der Waals surface area contributed by atoms with Crippen molar-refractivity contribution in [2.24, 2.45) is 5.92 Å². The van der Waals surface area contributed by atoms with Crippen LogP contribution in [0.1, 0.15) is 91.8 Å². The number of β-amino-alcohol motifs (C(OH)–C–C–N with tert-alkyl or cyclic N) is 1. The number of aliphatic hydroxyl groups excluding tert-OH is 1. The van der Waals surface area contributed by atoms with Crippen LogP contribution in [0.4, 0.5) is 4.79 Å². The molecule has 1 unspecified atom stereocenters. The van der Waals surface area contributed by atoms with E-state index in [4.69, 9.17) is 4.74 Å². The van der Waals surface area contributed by atoms with Gasteiger partial charge in [0.15, 0.2) is 9.84 Å². The van der Waals surface area contributed by atoms with E-state index in [9.17, 15) is 23.1 Å². The molecule has 3 heterocycles. The van der Waals surface area contributed by atoms with Crippen molar-refractivity contribution in [1.29, 1.82) is 0 Å². The van der Waals surface area contributed by atoms with Crippen LogP contribution in [0.2, 0.25) is 0 Å². The molecular formula is C32H55N5O6S. The predicted molar refractivity (Wildman–Crippen MR) is 172 cm³/mol. The van der Waals surface area contributed by atoms with Gasteiger partial charge in [0.2, 0.25) is 5.91 Å². The number of carbonyl (C=O) groups excluding carboxylic acids is 2. The second kappa shape index (κ2) is 15.3. The third-order valence-corrected chi connectivity index (χ3v) is 11.2. The smallest absolute Gasteiger partial charge is 0.407 e. The van der Waals surface area contributed by atoms with E-state index >= 15 is 0 Å². The first-order valence-electron chi connectivity index (χ1n) is 16.1. The highest BCUT2D eigenvalue weighted by Gasteiger charge is 2.44. The van der Waals surface area contributed by atoms with Gasteiger partial charge in [0.05, 0.1) is 17.9 Å². The van der Waals surface area contributed by atoms with E-state index in [0.29, 0.717) is 38.5 Å². The van der Waals surface area contributed by atoms with Crippen molar-refractivity contribution in [3.8, 4) is 0 Å². The van der Waals surface area contributed by atoms with Gasteiger partial charge in [0, 0.05) is 50.2 Å². The number of piperazine rings is 1. The number of pyridine rings is 1. The van der Waals surface area contributed by atoms with Gasteiger partial charge in [-0.05, 0) is 69.6 Å². The van der Waals surface area contributed by atoms with Crippen LogP contribution < -0.4 is 10.6 Å². The standard InChI is InChI=1S/C32H55N5O6S/c1-9-22(5)25-17-23(11-13-33-25)18-36-14-15-37(26(19-36)30(39)35-32(6,7)8)20-27(38)24(10-2)34-31(40)43-28-12-16-44(41,42)29(28)21(3)4/h11,13,17,21-22,24,26-29,38H,9-10,12,14-16,18-20H2,1-8H3,(H,34,40)(H,35,39)/t22?,24-,26-,27+,28+,29+/m0/s1. The van der Waals surface area contributed by atoms with Crippen LogP contribution in [0.3, 0.4) is 0 Å². The molecule has 2 amide bonds. The molecular weight excluding hydrogens is 582 g/mol. The summed E-state index contributed by atoms with van der Waals surface area (Å²) >= 11 is 0. The lowest BCUT2D eigenvalue weighted by molar-refractivity contribution is -0.131. The molecule has 250 valence electrons. The van der Waals surface area contributed by atoms with Crippen molar-refractivity contribution in [1.82, 2.24) is 25.4 Å². The van der Waals surface area contributed by atoms with Crippen molar-refractivity contribution in [2.75, 3.05) is 31.9 Å². The Balaban J connectivity index is 1.67. The first kappa shape index (κ1) is 36.2. The molecule has 2 saturated heterocycles. The number of sulfone groups is 1. The Morgan fingerprint density at radius 1 is 1.16 bits per heavy atom. The molecule has 0 radical (unpaired) electrons. The minimum Gasteiger partial charge on any atom is -0.445 e. The molecule has 0 bridgehead atoms. The molecule has 0 aliphatic carbocycles. The number of hydrogen-bond acceptors (Lipinski definition) is 9. The monoisotopic (exact) mass is 637 g/mol. The van der Waals surface area contributed by atoms with E-state index in [0.717, 1.165) is 17.7 Å². The highest BCUT2D eigenvalue weighted by molar-refractivity contribution is 7.92. The SMILES string of the molecule is CCC(C)c1cc(CN2CCN(C[C@@H](O)[C@H](CC)NC(=O)O[C@@H]3CCS(=O)(=O)[C@@H]3C(C)C)[C@H](C(=O)NC(C)(C)C)C2)ccn1. The van der Waals surface area contributed by atoms with Crippen LogP contribution in [0, 0.1) is 5.92 Å². The second-order valence-corrected chi connectivity index (χ2v) is 16.2. The van der Waals surface area contributed by atoms with Crippen molar-refractivity contribution < 1.29 is 27.9 Å². The summed E-state index contributed by atoms with van der Waals surface area (Å²) in [5.74, 6) is 0.0895. The number of alkyl carbamates (subject to hydrolysis) is 1. The summed E-state index contributed by atoms with van der Waals surface area (Å²) in [4.78, 5) is 35.2. The number of aromatic nitrogens is 1. The highest BCUT2D eigenvalue weighted by Crippen LogP contribution is 2.29. The van der Waals surface area contributed by atoms with Gasteiger partial charge in [-0.1, -0.05) is 34.6 Å². The van der Waals surface area contributed by atoms with Crippen LogP contribution >= 0.6 is 0 Å². The average Bonchev–Trinajstić information content (AvgIpc) is 3.24. The summed E-state index contributed by atoms with van der Waals surface area (Å²) < 4.78 is 30.5. The maximum absolute atomic E-state index is 13.5. The number of carbonyl (C=O) groups is 2. The Kier molecular flexibility index (Phi) is 12.6. The minimum atomic E-state index is -3.32. The Bertz CT molecular complexity index is 1220. The molecule has 2 aliphatic heterocycles. The van der Waals surface area contributed by atoms with Gasteiger partial charge in [-0.15, -0.1) is 0 Å². The maximum Gasteiger partial charge on any atom is 0.407 e. The van der Waals surface area contributed by atoms with Crippen molar-refractivity contribution in [2.45, 2.75) is 122 Å². The number of nitrogens with zero attached hydrogens (tertiary/aromatic N) is 3. The molecule has 2 fully saturated rings. The van der Waals surface area contributed by atoms with E-state index in [1.165, 1.54) is 0 Å². The van der Waals surface area contributed by atoms with Gasteiger partial charge in [0.25, 0.3) is 0 Å². The van der Waals surface area contributed by atoms with Crippen LogP contribution in [-0.4, -0.2) is 107 Å². The lowest BCUT2D eigenvalue weighted by Crippen LogP contribution is -2.63. The molecule has 1 aromatic rings. The fourth-order valence-electron chi connectivity index (χ4n) is 6.21. The number of ether oxygens (including phenoxy) is 1. The van der Waals surface area contributed by atoms with Gasteiger partial charge in [-0.25, -0.2) is 13.2 Å². The van der Waals surface area contributed by atoms with Crippen LogP contribution in [-0.2, 0) is 25.9 Å². The number of hydrogen-bond donors (Lipinski definition) is 3. The molecule has 0 aromatic carbocycles. The molecule has 11 nitrogen and oxygen atoms in total. The van der Waals surface area contributed by atoms with Crippen LogP contribution in [0.15, 0.2) is 18.3 Å². The summed E-state index contributed by atoms with van der Waals surface area (Å²) in [7, 11) is -3.32. The molecule has 6 atom stereocenters. The van der Waals surface area contributed by atoms with Gasteiger partial charge < -0.3 is 20.5 Å². The zero-order chi connectivity index (χ0) is 32.8. The van der Waals surface area contributed by atoms with Gasteiger partial charge in [-0.3, -0.25) is 19.6 Å². The number of nitrogens with one attached hydrogen (secondary N) is 2. The normalized spacial score (nSPS) is 24.9. The van der Waals surface area contributed by atoms with Crippen LogP contribution in [0.5, 0.6) is 0 Å². The fourth-order valence-corrected chi connectivity index (χ4v) is 8.53. The first-order chi connectivity index (χ1) is 20.5. The Morgan fingerprint density at radius 2 is 1.86 bits per heavy atom. The summed E-state index contributed by atoms with van der Waals surface area (Å²) in [6.07, 6.45) is 1.16. The zero-order valence-electron chi connectivity index (χ0n) is 27.9. The maximum atomic E-state index is 13.5. The molecule has 0 saturated carbocycles. The van der Waals surface area contributed by atoms with Crippen molar-refractivity contribution in [3.05, 3.63) is 29.6 Å². The lowest BCUT2D eigenvalue weighted by Gasteiger charge is -2.43. The largest absolute Gasteiger partial charge is 0.445 e. The fraction of sp³-hybridized carbons (Fsp3) is 0.781. The summed E-state index contributed by atoms with van der Waals surface area (Å²) in [5, 5.41) is 16.4. The number of amides is 2. The van der Waals surface area contributed by atoms with Crippen molar-refractivity contribution in [3.63, 3.8) is 0 Å². The molecule has 0 spiro atoms. The molecule has 12 heteroatoms. The van der Waals surface area contributed by atoms with Gasteiger partial charge in [-0.2, -0.15) is 0 Å². The minimum absolute atomic E-state index is 0.00218. The highest BCUT2D eigenvalue weighted by atomic mass is 32.2. The summed E-state index contributed by atoms with van der Waals surface area (Å²) in [6, 6.07) is 3.05. The summed E-state index contributed by atoms with van der Waals surface area (Å²) in [6.45, 7) is 18.3. The van der Waals surface area contributed by atoms with Crippen LogP contribution in [0.25, 0.3) is 0 Å². The molecule has 44 heavy (non-hydrogen) atoms. The summed E-state index contributed by atoms with van der Waals surface area (Å²) in [5.41, 5.74) is 1.81. The third-order valence-electron chi connectivity index (χ3n) is 8.76. The van der Waals surface area contributed by atoms with E-state index in [2.05, 4.69) is 40.4 Å². The molecule has 2 aliphatic rings. The van der Waals surface area contributed by atoms with Gasteiger partial charge in [0.1, 0.15) is 17.4 Å². The first-order valence-corrected chi connectivity index (χ1v) is 17.9. The Hall–Kier alpha value is -2.28. The molecule has 1 aromatic heterocycles. The second-order valence-electron chi connectivity index (χ2n) is 13.9. The van der Waals surface area contributed by atoms with Crippen molar-refractivity contribution >= 4 is 21.8 Å². The molecule has 3 N–H and O–H groups in total. The Morgan fingerprint density at radius 3 is 2.48 bits per heavy atom. The van der Waals surface area contributed by atoms with E-state index in [-0.39, 0.29) is 30.5 Å². The third kappa shape index (κ3) is 9.86. The zero-order valence-corrected chi connectivity index (χ0v) is 28.7. The Labute approximate surface area is 264 Å². The molecule has 3 rings (SSSR count). The van der Waals surface area contributed by atoms with E-state index in [1.807, 2.05) is 58.7 Å². The van der Waals surface area contributed by atoms with Gasteiger partial charge >= 0.3 is 6.09 Å². The number of rotatable bonds is 12. The van der Waals surface area contributed by atoms with E-state index in [1.54, 1.807) is 0 Å². The quantitative estimate of drug-likeness (QED) is 0.315. The number of aliphatic hydroxyl groups is 1. The average molecular weight is 638 g/mol. The van der Waals surface area contributed by atoms with E-state index < -0.39 is 51.0 Å². The topological polar surface area (TPSA) is 141 Å². The lowest BCUT2D eigenvalue weighted by atomic mass is 10.0.